The van der Waals surface area contributed by atoms with E-state index in [0.29, 0.717) is 6.10 Å². The molecule has 0 aliphatic carbocycles. The Morgan fingerprint density at radius 3 is 2.68 bits per heavy atom. The third kappa shape index (κ3) is 8.09. The first-order valence-electron chi connectivity index (χ1n) is 7.78. The van der Waals surface area contributed by atoms with Crippen LogP contribution in [-0.2, 0) is 4.74 Å². The van der Waals surface area contributed by atoms with Crippen molar-refractivity contribution in [3.05, 3.63) is 0 Å². The molecule has 4 heteroatoms. The Balaban J connectivity index is 1.99. The summed E-state index contributed by atoms with van der Waals surface area (Å²) in [6.45, 7) is 7.44. The summed E-state index contributed by atoms with van der Waals surface area (Å²) in [6, 6.07) is 0. The maximum atomic E-state index is 5.60. The summed E-state index contributed by atoms with van der Waals surface area (Å²) in [6.07, 6.45) is 7.77. The van der Waals surface area contributed by atoms with E-state index in [4.69, 9.17) is 4.74 Å². The molecule has 1 aliphatic heterocycles. The van der Waals surface area contributed by atoms with E-state index in [2.05, 4.69) is 29.5 Å². The second-order valence-electron chi connectivity index (χ2n) is 5.74. The van der Waals surface area contributed by atoms with E-state index in [9.17, 15) is 0 Å². The molecule has 0 spiro atoms. The predicted octanol–water partition coefficient (Wildman–Crippen LogP) is 2.55. The number of nitrogens with one attached hydrogen (secondary N) is 2. The van der Waals surface area contributed by atoms with Crippen molar-refractivity contribution >= 4 is 5.96 Å². The lowest BCUT2D eigenvalue weighted by atomic mass is 10.1. The van der Waals surface area contributed by atoms with Crippen LogP contribution in [0.1, 0.15) is 52.4 Å². The lowest BCUT2D eigenvalue weighted by molar-refractivity contribution is 0.105. The zero-order chi connectivity index (χ0) is 13.9. The van der Waals surface area contributed by atoms with Crippen molar-refractivity contribution in [1.29, 1.82) is 0 Å². The number of nitrogens with zero attached hydrogens (tertiary/aromatic N) is 1. The monoisotopic (exact) mass is 269 g/mol. The van der Waals surface area contributed by atoms with Crippen LogP contribution in [0.25, 0.3) is 0 Å². The zero-order valence-corrected chi connectivity index (χ0v) is 12.9. The minimum atomic E-state index is 0.455. The average Bonchev–Trinajstić information content (AvgIpc) is 2.89. The van der Waals surface area contributed by atoms with E-state index in [0.717, 1.165) is 38.0 Å². The summed E-state index contributed by atoms with van der Waals surface area (Å²) < 4.78 is 5.60. The van der Waals surface area contributed by atoms with Crippen LogP contribution < -0.4 is 10.6 Å². The molecule has 19 heavy (non-hydrogen) atoms. The number of guanidine groups is 1. The predicted molar refractivity (Wildman–Crippen MR) is 81.6 cm³/mol. The highest BCUT2D eigenvalue weighted by atomic mass is 16.5. The SMILES string of the molecule is CN=C(NCCCCC(C)C)NCCC1CCCO1. The van der Waals surface area contributed by atoms with Gasteiger partial charge in [-0.3, -0.25) is 4.99 Å². The van der Waals surface area contributed by atoms with Gasteiger partial charge < -0.3 is 15.4 Å². The van der Waals surface area contributed by atoms with E-state index in [1.807, 2.05) is 7.05 Å². The first-order valence-corrected chi connectivity index (χ1v) is 7.78. The van der Waals surface area contributed by atoms with Crippen LogP contribution in [0.2, 0.25) is 0 Å². The van der Waals surface area contributed by atoms with E-state index in [1.54, 1.807) is 0 Å². The van der Waals surface area contributed by atoms with Gasteiger partial charge in [0, 0.05) is 26.7 Å². The fourth-order valence-corrected chi connectivity index (χ4v) is 2.33. The molecule has 0 amide bonds. The zero-order valence-electron chi connectivity index (χ0n) is 12.9. The van der Waals surface area contributed by atoms with Crippen LogP contribution in [-0.4, -0.2) is 38.8 Å². The van der Waals surface area contributed by atoms with Gasteiger partial charge in [-0.2, -0.15) is 0 Å². The lowest BCUT2D eigenvalue weighted by Crippen LogP contribution is -2.39. The van der Waals surface area contributed by atoms with Gasteiger partial charge in [-0.15, -0.1) is 0 Å². The molecule has 4 nitrogen and oxygen atoms in total. The summed E-state index contributed by atoms with van der Waals surface area (Å²) in [4.78, 5) is 4.24. The lowest BCUT2D eigenvalue weighted by Gasteiger charge is -2.14. The van der Waals surface area contributed by atoms with E-state index in [1.165, 1.54) is 32.1 Å². The fraction of sp³-hybridized carbons (Fsp3) is 0.933. The third-order valence-electron chi connectivity index (χ3n) is 3.51. The maximum absolute atomic E-state index is 5.60. The van der Waals surface area contributed by atoms with E-state index < -0.39 is 0 Å². The highest BCUT2D eigenvalue weighted by molar-refractivity contribution is 5.79. The fourth-order valence-electron chi connectivity index (χ4n) is 2.33. The number of hydrogen-bond donors (Lipinski definition) is 2. The molecule has 1 saturated heterocycles. The summed E-state index contributed by atoms with van der Waals surface area (Å²) in [5.74, 6) is 1.73. The van der Waals surface area contributed by atoms with Crippen molar-refractivity contribution in [2.45, 2.75) is 58.5 Å². The van der Waals surface area contributed by atoms with Crippen molar-refractivity contribution < 1.29 is 4.74 Å². The molecule has 0 radical (unpaired) electrons. The van der Waals surface area contributed by atoms with Crippen LogP contribution in [0.3, 0.4) is 0 Å². The van der Waals surface area contributed by atoms with Crippen LogP contribution in [0.15, 0.2) is 4.99 Å². The summed E-state index contributed by atoms with van der Waals surface area (Å²) in [5, 5.41) is 6.72. The van der Waals surface area contributed by atoms with Crippen LogP contribution in [0, 0.1) is 5.92 Å². The van der Waals surface area contributed by atoms with Crippen LogP contribution in [0.5, 0.6) is 0 Å². The number of unbranched alkanes of at least 4 members (excludes halogenated alkanes) is 1. The van der Waals surface area contributed by atoms with Gasteiger partial charge in [0.05, 0.1) is 6.10 Å². The third-order valence-corrected chi connectivity index (χ3v) is 3.51. The molecule has 1 heterocycles. The Labute approximate surface area is 118 Å². The Morgan fingerprint density at radius 1 is 1.26 bits per heavy atom. The first kappa shape index (κ1) is 16.3. The van der Waals surface area contributed by atoms with Crippen LogP contribution in [0.4, 0.5) is 0 Å². The van der Waals surface area contributed by atoms with Gasteiger partial charge >= 0.3 is 0 Å². The van der Waals surface area contributed by atoms with Gasteiger partial charge in [0.1, 0.15) is 0 Å². The molecule has 2 N–H and O–H groups in total. The average molecular weight is 269 g/mol. The Hall–Kier alpha value is -0.770. The number of ether oxygens (including phenoxy) is 1. The molecule has 0 bridgehead atoms. The second kappa shape index (κ2) is 10.1. The Kier molecular flexibility index (Phi) is 8.63. The van der Waals surface area contributed by atoms with Gasteiger partial charge in [0.2, 0.25) is 0 Å². The van der Waals surface area contributed by atoms with Crippen molar-refractivity contribution in [2.75, 3.05) is 26.7 Å². The molecular formula is C15H31N3O. The smallest absolute Gasteiger partial charge is 0.190 e. The summed E-state index contributed by atoms with van der Waals surface area (Å²) in [5.41, 5.74) is 0. The summed E-state index contributed by atoms with van der Waals surface area (Å²) in [7, 11) is 1.83. The minimum Gasteiger partial charge on any atom is -0.378 e. The number of rotatable bonds is 8. The largest absolute Gasteiger partial charge is 0.378 e. The molecule has 1 aliphatic rings. The number of hydrogen-bond acceptors (Lipinski definition) is 2. The molecular weight excluding hydrogens is 238 g/mol. The molecule has 1 unspecified atom stereocenters. The van der Waals surface area contributed by atoms with E-state index in [-0.39, 0.29) is 0 Å². The molecule has 0 aromatic heterocycles. The van der Waals surface area contributed by atoms with Gasteiger partial charge in [0.15, 0.2) is 5.96 Å². The van der Waals surface area contributed by atoms with Crippen molar-refractivity contribution in [2.24, 2.45) is 10.9 Å². The van der Waals surface area contributed by atoms with Gasteiger partial charge in [-0.25, -0.2) is 0 Å². The molecule has 1 rings (SSSR count). The highest BCUT2D eigenvalue weighted by Gasteiger charge is 2.14. The minimum absolute atomic E-state index is 0.455. The van der Waals surface area contributed by atoms with Crippen LogP contribution >= 0.6 is 0 Å². The number of aliphatic imine (C=N–C) groups is 1. The Bertz CT molecular complexity index is 248. The molecule has 112 valence electrons. The molecule has 1 fully saturated rings. The van der Waals surface area contributed by atoms with Crippen molar-refractivity contribution in [3.63, 3.8) is 0 Å². The standard InChI is InChI=1S/C15H31N3O/c1-13(2)7-4-5-10-17-15(16-3)18-11-9-14-8-6-12-19-14/h13-14H,4-12H2,1-3H3,(H2,16,17,18). The Morgan fingerprint density at radius 2 is 2.05 bits per heavy atom. The quantitative estimate of drug-likeness (QED) is 0.404. The second-order valence-corrected chi connectivity index (χ2v) is 5.74. The topological polar surface area (TPSA) is 45.7 Å². The van der Waals surface area contributed by atoms with Crippen molar-refractivity contribution in [1.82, 2.24) is 10.6 Å². The highest BCUT2D eigenvalue weighted by Crippen LogP contribution is 2.14. The van der Waals surface area contributed by atoms with E-state index >= 15 is 0 Å². The molecule has 0 saturated carbocycles. The molecule has 0 aromatic rings. The molecule has 1 atom stereocenters. The van der Waals surface area contributed by atoms with Gasteiger partial charge in [-0.1, -0.05) is 26.7 Å². The van der Waals surface area contributed by atoms with Gasteiger partial charge in [0.25, 0.3) is 0 Å². The van der Waals surface area contributed by atoms with Gasteiger partial charge in [-0.05, 0) is 31.6 Å². The maximum Gasteiger partial charge on any atom is 0.190 e. The van der Waals surface area contributed by atoms with Crippen molar-refractivity contribution in [3.8, 4) is 0 Å². The molecule has 0 aromatic carbocycles. The summed E-state index contributed by atoms with van der Waals surface area (Å²) >= 11 is 0. The normalized spacial score (nSPS) is 20.0. The first-order chi connectivity index (χ1) is 9.22.